The van der Waals surface area contributed by atoms with E-state index in [2.05, 4.69) is 6.92 Å². The number of hydrogen-bond donors (Lipinski definition) is 0. The first-order chi connectivity index (χ1) is 19.9. The summed E-state index contributed by atoms with van der Waals surface area (Å²) in [5, 5.41) is 0.506. The molecule has 0 aliphatic carbocycles. The van der Waals surface area contributed by atoms with Gasteiger partial charge in [-0.3, -0.25) is 9.59 Å². The minimum atomic E-state index is -0.625. The number of hydrogen-bond acceptors (Lipinski definition) is 6. The summed E-state index contributed by atoms with van der Waals surface area (Å²) < 4.78 is 23.2. The molecule has 0 saturated carbocycles. The van der Waals surface area contributed by atoms with Gasteiger partial charge in [0.2, 0.25) is 5.76 Å². The maximum absolute atomic E-state index is 14.1. The molecule has 0 radical (unpaired) electrons. The highest BCUT2D eigenvalue weighted by molar-refractivity contribution is 5.99. The second-order valence-corrected chi connectivity index (χ2v) is 10.6. The zero-order chi connectivity index (χ0) is 29.1. The van der Waals surface area contributed by atoms with Crippen molar-refractivity contribution in [1.82, 2.24) is 4.90 Å². The van der Waals surface area contributed by atoms with Gasteiger partial charge in [-0.1, -0.05) is 44.0 Å². The molecule has 1 atom stereocenters. The van der Waals surface area contributed by atoms with Crippen LogP contribution < -0.4 is 19.6 Å². The molecule has 0 N–H and O–H groups in total. The minimum Gasteiger partial charge on any atom is -0.497 e. The number of methoxy groups -OCH3 is 2. The summed E-state index contributed by atoms with van der Waals surface area (Å²) in [6.07, 6.45) is 3.75. The minimum absolute atomic E-state index is 0.103. The lowest BCUT2D eigenvalue weighted by atomic mass is 9.96. The molecule has 0 fully saturated rings. The standard InChI is InChI=1S/C34H37NO6/c1-6-7-8-17-40-26-14-11-24(20-27(26)39-5)31-30-32(36)29-22(3)18-21(2)19-28(29)41-33(30)34(37)35(31)16-15-23-9-12-25(38-4)13-10-23/h9-14,18-20,31H,6-8,15-17H2,1-5H3. The predicted octanol–water partition coefficient (Wildman–Crippen LogP) is 6.78. The number of fused-ring (bicyclic) bond motifs is 2. The van der Waals surface area contributed by atoms with Crippen LogP contribution in [0.2, 0.25) is 0 Å². The van der Waals surface area contributed by atoms with E-state index in [0.717, 1.165) is 47.3 Å². The van der Waals surface area contributed by atoms with Crippen molar-refractivity contribution in [2.45, 2.75) is 52.5 Å². The van der Waals surface area contributed by atoms with Gasteiger partial charge in [0.05, 0.1) is 37.8 Å². The van der Waals surface area contributed by atoms with E-state index < -0.39 is 6.04 Å². The van der Waals surface area contributed by atoms with Crippen LogP contribution in [0.5, 0.6) is 17.2 Å². The molecule has 7 nitrogen and oxygen atoms in total. The summed E-state index contributed by atoms with van der Waals surface area (Å²) in [7, 11) is 3.23. The molecular formula is C34H37NO6. The molecule has 1 aromatic heterocycles. The fourth-order valence-electron chi connectivity index (χ4n) is 5.64. The highest BCUT2D eigenvalue weighted by atomic mass is 16.5. The molecule has 7 heteroatoms. The third kappa shape index (κ3) is 5.53. The normalized spacial score (nSPS) is 14.4. The number of rotatable bonds is 11. The molecule has 2 heterocycles. The van der Waals surface area contributed by atoms with Crippen LogP contribution in [0.3, 0.4) is 0 Å². The van der Waals surface area contributed by atoms with E-state index in [0.29, 0.717) is 47.6 Å². The third-order valence-corrected chi connectivity index (χ3v) is 7.72. The van der Waals surface area contributed by atoms with Crippen molar-refractivity contribution >= 4 is 16.9 Å². The van der Waals surface area contributed by atoms with Gasteiger partial charge in [0.25, 0.3) is 5.91 Å². The van der Waals surface area contributed by atoms with Gasteiger partial charge in [-0.2, -0.15) is 0 Å². The number of amides is 1. The Morgan fingerprint density at radius 1 is 0.902 bits per heavy atom. The van der Waals surface area contributed by atoms with Crippen molar-refractivity contribution in [1.29, 1.82) is 0 Å². The van der Waals surface area contributed by atoms with Crippen molar-refractivity contribution in [3.8, 4) is 17.2 Å². The molecule has 214 valence electrons. The Morgan fingerprint density at radius 3 is 2.39 bits per heavy atom. The van der Waals surface area contributed by atoms with Crippen molar-refractivity contribution in [3.63, 3.8) is 0 Å². The molecular weight excluding hydrogens is 518 g/mol. The molecule has 41 heavy (non-hydrogen) atoms. The fraction of sp³-hybridized carbons (Fsp3) is 0.353. The van der Waals surface area contributed by atoms with Gasteiger partial charge in [0.15, 0.2) is 16.9 Å². The number of benzene rings is 3. The molecule has 3 aromatic carbocycles. The average molecular weight is 556 g/mol. The maximum atomic E-state index is 14.1. The molecule has 5 rings (SSSR count). The number of carbonyl (C=O) groups excluding carboxylic acids is 1. The average Bonchev–Trinajstić information content (AvgIpc) is 3.25. The Morgan fingerprint density at radius 2 is 1.68 bits per heavy atom. The third-order valence-electron chi connectivity index (χ3n) is 7.72. The quantitative estimate of drug-likeness (QED) is 0.190. The molecule has 0 bridgehead atoms. The number of carbonyl (C=O) groups is 1. The van der Waals surface area contributed by atoms with Gasteiger partial charge >= 0.3 is 0 Å². The monoisotopic (exact) mass is 555 g/mol. The summed E-state index contributed by atoms with van der Waals surface area (Å²) in [5.41, 5.74) is 4.23. The van der Waals surface area contributed by atoms with Gasteiger partial charge in [0.1, 0.15) is 11.3 Å². The molecule has 1 amide bonds. The summed E-state index contributed by atoms with van der Waals surface area (Å²) >= 11 is 0. The Bertz CT molecular complexity index is 1620. The first-order valence-corrected chi connectivity index (χ1v) is 14.2. The van der Waals surface area contributed by atoms with Gasteiger partial charge in [-0.05, 0) is 79.3 Å². The van der Waals surface area contributed by atoms with Gasteiger partial charge < -0.3 is 23.5 Å². The van der Waals surface area contributed by atoms with E-state index >= 15 is 0 Å². The summed E-state index contributed by atoms with van der Waals surface area (Å²) in [4.78, 5) is 29.7. The van der Waals surface area contributed by atoms with Crippen LogP contribution in [-0.2, 0) is 6.42 Å². The van der Waals surface area contributed by atoms with Gasteiger partial charge in [-0.25, -0.2) is 0 Å². The maximum Gasteiger partial charge on any atom is 0.290 e. The SMILES string of the molecule is CCCCCOc1ccc(C2c3c(oc4cc(C)cc(C)c4c3=O)C(=O)N2CCc2ccc(OC)cc2)cc1OC. The topological polar surface area (TPSA) is 78.2 Å². The van der Waals surface area contributed by atoms with Crippen molar-refractivity contribution in [2.24, 2.45) is 0 Å². The molecule has 1 aliphatic rings. The van der Waals surface area contributed by atoms with E-state index in [1.165, 1.54) is 0 Å². The number of aryl methyl sites for hydroxylation is 2. The van der Waals surface area contributed by atoms with Crippen LogP contribution in [0.25, 0.3) is 11.0 Å². The van der Waals surface area contributed by atoms with E-state index in [1.807, 2.05) is 68.4 Å². The number of ether oxygens (including phenoxy) is 3. The van der Waals surface area contributed by atoms with Crippen LogP contribution in [0.15, 0.2) is 63.8 Å². The van der Waals surface area contributed by atoms with Crippen molar-refractivity contribution in [3.05, 3.63) is 98.4 Å². The Labute approximate surface area is 240 Å². The van der Waals surface area contributed by atoms with Gasteiger partial charge in [-0.15, -0.1) is 0 Å². The second-order valence-electron chi connectivity index (χ2n) is 10.6. The highest BCUT2D eigenvalue weighted by Crippen LogP contribution is 2.41. The molecule has 1 unspecified atom stereocenters. The summed E-state index contributed by atoms with van der Waals surface area (Å²) in [6.45, 7) is 6.99. The Hall–Kier alpha value is -4.26. The number of unbranched alkanes of at least 4 members (excludes halogenated alkanes) is 2. The largest absolute Gasteiger partial charge is 0.497 e. The van der Waals surface area contributed by atoms with E-state index in [9.17, 15) is 9.59 Å². The highest BCUT2D eigenvalue weighted by Gasteiger charge is 2.43. The zero-order valence-electron chi connectivity index (χ0n) is 24.4. The van der Waals surface area contributed by atoms with Crippen LogP contribution in [0.4, 0.5) is 0 Å². The van der Waals surface area contributed by atoms with Gasteiger partial charge in [0, 0.05) is 6.54 Å². The second kappa shape index (κ2) is 12.1. The number of nitrogens with zero attached hydrogens (tertiary/aromatic N) is 1. The first-order valence-electron chi connectivity index (χ1n) is 14.2. The zero-order valence-corrected chi connectivity index (χ0v) is 24.4. The summed E-state index contributed by atoms with van der Waals surface area (Å²) in [5.74, 6) is 1.78. The molecule has 1 aliphatic heterocycles. The molecule has 0 spiro atoms. The molecule has 4 aromatic rings. The van der Waals surface area contributed by atoms with E-state index in [4.69, 9.17) is 18.6 Å². The summed E-state index contributed by atoms with van der Waals surface area (Å²) in [6, 6.07) is 16.6. The Balaban J connectivity index is 1.58. The smallest absolute Gasteiger partial charge is 0.290 e. The first kappa shape index (κ1) is 28.3. The van der Waals surface area contributed by atoms with E-state index in [-0.39, 0.29) is 17.1 Å². The predicted molar refractivity (Wildman–Crippen MR) is 160 cm³/mol. The lowest BCUT2D eigenvalue weighted by Gasteiger charge is -2.26. The molecule has 0 saturated heterocycles. The van der Waals surface area contributed by atoms with Crippen LogP contribution in [0, 0.1) is 13.8 Å². The lowest BCUT2D eigenvalue weighted by molar-refractivity contribution is 0.0730. The van der Waals surface area contributed by atoms with Crippen molar-refractivity contribution < 1.29 is 23.4 Å². The van der Waals surface area contributed by atoms with Crippen LogP contribution in [-0.4, -0.2) is 38.2 Å². The van der Waals surface area contributed by atoms with Crippen molar-refractivity contribution in [2.75, 3.05) is 27.4 Å². The fourth-order valence-corrected chi connectivity index (χ4v) is 5.64. The lowest BCUT2D eigenvalue weighted by Crippen LogP contribution is -2.31. The van der Waals surface area contributed by atoms with Crippen LogP contribution >= 0.6 is 0 Å². The van der Waals surface area contributed by atoms with E-state index in [1.54, 1.807) is 19.1 Å². The Kier molecular flexibility index (Phi) is 8.34. The van der Waals surface area contributed by atoms with Crippen LogP contribution in [0.1, 0.15) is 70.6 Å².